The molecule has 43 heavy (non-hydrogen) atoms. The summed E-state index contributed by atoms with van der Waals surface area (Å²) in [5.41, 5.74) is 12.1. The molecule has 7 rings (SSSR count). The highest BCUT2D eigenvalue weighted by molar-refractivity contribution is 7.00. The van der Waals surface area contributed by atoms with Crippen LogP contribution in [0.2, 0.25) is 0 Å². The van der Waals surface area contributed by atoms with Crippen LogP contribution in [0.15, 0.2) is 103 Å². The fourth-order valence-corrected chi connectivity index (χ4v) is 6.41. The van der Waals surface area contributed by atoms with Gasteiger partial charge in [0.25, 0.3) is 6.71 Å². The van der Waals surface area contributed by atoms with Crippen LogP contribution >= 0.6 is 0 Å². The summed E-state index contributed by atoms with van der Waals surface area (Å²) in [6.45, 7) is 22.1. The summed E-state index contributed by atoms with van der Waals surface area (Å²) in [5, 5.41) is 9.77. The molecule has 2 aliphatic heterocycles. The van der Waals surface area contributed by atoms with Crippen LogP contribution in [-0.4, -0.2) is 6.71 Å². The molecule has 0 aliphatic carbocycles. The second-order valence-corrected chi connectivity index (χ2v) is 12.0. The highest BCUT2D eigenvalue weighted by Gasteiger charge is 2.43. The first kappa shape index (κ1) is 26.2. The van der Waals surface area contributed by atoms with Crippen LogP contribution in [0.5, 0.6) is 0 Å². The predicted molar refractivity (Wildman–Crippen MR) is 176 cm³/mol. The van der Waals surface area contributed by atoms with Crippen LogP contribution < -0.4 is 26.2 Å². The lowest BCUT2D eigenvalue weighted by atomic mass is 9.33. The quantitative estimate of drug-likeness (QED) is 0.161. The molecule has 0 aromatic heterocycles. The Kier molecular flexibility index (Phi) is 5.88. The molecule has 5 aromatic rings. The van der Waals surface area contributed by atoms with Crippen LogP contribution in [0, 0.1) is 24.5 Å². The normalized spacial score (nSPS) is 12.8. The molecule has 0 radical (unpaired) electrons. The zero-order valence-electron chi connectivity index (χ0n) is 24.1. The Morgan fingerprint density at radius 1 is 0.651 bits per heavy atom. The van der Waals surface area contributed by atoms with Gasteiger partial charge in [0.05, 0.1) is 24.8 Å². The molecular weight excluding hydrogens is 525 g/mol. The number of nitriles is 1. The van der Waals surface area contributed by atoms with Gasteiger partial charge in [-0.1, -0.05) is 69.3 Å². The summed E-state index contributed by atoms with van der Waals surface area (Å²) in [6, 6.07) is 36.8. The van der Waals surface area contributed by atoms with E-state index in [4.69, 9.17) is 13.1 Å². The van der Waals surface area contributed by atoms with E-state index in [0.29, 0.717) is 16.9 Å². The second-order valence-electron chi connectivity index (χ2n) is 12.0. The van der Waals surface area contributed by atoms with Crippen molar-refractivity contribution < 1.29 is 0 Å². The van der Waals surface area contributed by atoms with Crippen molar-refractivity contribution in [3.8, 4) is 6.07 Å². The number of rotatable bonds is 2. The third-order valence-corrected chi connectivity index (χ3v) is 8.41. The SMILES string of the molecule is [C-]#[N+]c1cccc(N2c3cc([N+]#[C-])ccc3B3c4ccccc4N(c4cccc(C#N)c4)c4cc(C(C)(C)C)cc2c43)c1. The van der Waals surface area contributed by atoms with Crippen LogP contribution in [0.25, 0.3) is 9.69 Å². The standard InChI is InChI=1S/C37H26BN5/c1-37(2,3)25-19-34-36-35(20-25)43(29-13-9-11-26(21-29)40-4)33-22-27(41-5)16-17-31(33)38(36)30-14-6-7-15-32(30)42(34)28-12-8-10-24(18-28)23-39/h6-22H,1-3H3. The second kappa shape index (κ2) is 9.66. The average Bonchev–Trinajstić information content (AvgIpc) is 3.03. The zero-order chi connectivity index (χ0) is 29.9. The van der Waals surface area contributed by atoms with Crippen molar-refractivity contribution in [1.29, 1.82) is 5.26 Å². The number of nitrogens with zero attached hydrogens (tertiary/aromatic N) is 5. The monoisotopic (exact) mass is 551 g/mol. The Morgan fingerprint density at radius 2 is 1.28 bits per heavy atom. The van der Waals surface area contributed by atoms with E-state index in [9.17, 15) is 5.26 Å². The molecule has 0 spiro atoms. The van der Waals surface area contributed by atoms with Gasteiger partial charge in [0.2, 0.25) is 0 Å². The molecule has 0 bridgehead atoms. The third kappa shape index (κ3) is 4.06. The highest BCUT2D eigenvalue weighted by atomic mass is 15.2. The molecule has 202 valence electrons. The molecular formula is C37H26BN5. The Labute approximate surface area is 252 Å². The smallest absolute Gasteiger partial charge is 0.251 e. The van der Waals surface area contributed by atoms with E-state index in [0.717, 1.165) is 56.1 Å². The summed E-state index contributed by atoms with van der Waals surface area (Å²) in [4.78, 5) is 12.0. The Bertz CT molecular complexity index is 2090. The van der Waals surface area contributed by atoms with E-state index < -0.39 is 0 Å². The molecule has 2 aliphatic rings. The molecule has 0 amide bonds. The molecule has 0 atom stereocenters. The van der Waals surface area contributed by atoms with Gasteiger partial charge in [0.15, 0.2) is 11.4 Å². The average molecular weight is 551 g/mol. The number of benzene rings is 5. The molecule has 0 saturated carbocycles. The molecule has 0 fully saturated rings. The van der Waals surface area contributed by atoms with E-state index >= 15 is 0 Å². The van der Waals surface area contributed by atoms with Gasteiger partial charge < -0.3 is 9.80 Å². The fourth-order valence-electron chi connectivity index (χ4n) is 6.41. The van der Waals surface area contributed by atoms with Crippen molar-refractivity contribution in [3.63, 3.8) is 0 Å². The first-order chi connectivity index (χ1) is 20.8. The van der Waals surface area contributed by atoms with Gasteiger partial charge >= 0.3 is 0 Å². The maximum atomic E-state index is 9.77. The first-order valence-electron chi connectivity index (χ1n) is 14.2. The molecule has 0 N–H and O–H groups in total. The van der Waals surface area contributed by atoms with Crippen LogP contribution in [0.1, 0.15) is 31.9 Å². The van der Waals surface area contributed by atoms with Gasteiger partial charge in [-0.2, -0.15) is 5.26 Å². The summed E-state index contributed by atoms with van der Waals surface area (Å²) in [6.07, 6.45) is 0. The van der Waals surface area contributed by atoms with E-state index in [-0.39, 0.29) is 12.1 Å². The van der Waals surface area contributed by atoms with E-state index in [2.05, 4.69) is 94.9 Å². The molecule has 0 unspecified atom stereocenters. The Hall–Kier alpha value is -5.77. The third-order valence-electron chi connectivity index (χ3n) is 8.41. The van der Waals surface area contributed by atoms with Gasteiger partial charge in [0, 0.05) is 34.1 Å². The van der Waals surface area contributed by atoms with Gasteiger partial charge in [-0.25, -0.2) is 9.69 Å². The van der Waals surface area contributed by atoms with Gasteiger partial charge in [0.1, 0.15) is 0 Å². The van der Waals surface area contributed by atoms with Crippen LogP contribution in [0.4, 0.5) is 45.5 Å². The number of anilines is 6. The van der Waals surface area contributed by atoms with Crippen molar-refractivity contribution in [2.75, 3.05) is 9.80 Å². The van der Waals surface area contributed by atoms with Crippen molar-refractivity contribution in [2.24, 2.45) is 0 Å². The maximum Gasteiger partial charge on any atom is 0.251 e. The van der Waals surface area contributed by atoms with E-state index in [1.165, 1.54) is 0 Å². The minimum atomic E-state index is -0.166. The first-order valence-corrected chi connectivity index (χ1v) is 14.2. The summed E-state index contributed by atoms with van der Waals surface area (Å²) in [5.74, 6) is 0. The molecule has 2 heterocycles. The largest absolute Gasteiger partial charge is 0.314 e. The van der Waals surface area contributed by atoms with Crippen molar-refractivity contribution in [1.82, 2.24) is 0 Å². The number of hydrogen-bond donors (Lipinski definition) is 0. The molecule has 5 aromatic carbocycles. The number of fused-ring (bicyclic) bond motifs is 4. The topological polar surface area (TPSA) is 39.0 Å². The summed E-state index contributed by atoms with van der Waals surface area (Å²) >= 11 is 0. The van der Waals surface area contributed by atoms with E-state index in [1.807, 2.05) is 54.6 Å². The molecule has 5 nitrogen and oxygen atoms in total. The maximum absolute atomic E-state index is 9.77. The summed E-state index contributed by atoms with van der Waals surface area (Å²) < 4.78 is 0. The molecule has 0 saturated heterocycles. The van der Waals surface area contributed by atoms with Gasteiger partial charge in [-0.15, -0.1) is 0 Å². The van der Waals surface area contributed by atoms with Crippen LogP contribution in [0.3, 0.4) is 0 Å². The zero-order valence-corrected chi connectivity index (χ0v) is 24.1. The van der Waals surface area contributed by atoms with Gasteiger partial charge in [-0.3, -0.25) is 0 Å². The predicted octanol–water partition coefficient (Wildman–Crippen LogP) is 8.04. The number of hydrogen-bond acceptors (Lipinski definition) is 3. The highest BCUT2D eigenvalue weighted by Crippen LogP contribution is 2.46. The van der Waals surface area contributed by atoms with Crippen LogP contribution in [-0.2, 0) is 5.41 Å². The van der Waals surface area contributed by atoms with Gasteiger partial charge in [-0.05, 0) is 82.0 Å². The lowest BCUT2D eigenvalue weighted by molar-refractivity contribution is 0.590. The minimum Gasteiger partial charge on any atom is -0.314 e. The Morgan fingerprint density at radius 3 is 1.98 bits per heavy atom. The Balaban J connectivity index is 1.64. The number of para-hydroxylation sites is 1. The van der Waals surface area contributed by atoms with Crippen molar-refractivity contribution >= 4 is 68.6 Å². The molecule has 6 heteroatoms. The van der Waals surface area contributed by atoms with Crippen molar-refractivity contribution in [2.45, 2.75) is 26.2 Å². The minimum absolute atomic E-state index is 0.0688. The fraction of sp³-hybridized carbons (Fsp3) is 0.108. The van der Waals surface area contributed by atoms with Crippen molar-refractivity contribution in [3.05, 3.63) is 137 Å². The lowest BCUT2D eigenvalue weighted by Gasteiger charge is -2.45. The van der Waals surface area contributed by atoms with E-state index in [1.54, 1.807) is 0 Å². The summed E-state index contributed by atoms with van der Waals surface area (Å²) in [7, 11) is 0. The lowest BCUT2D eigenvalue weighted by Crippen LogP contribution is -2.61.